The Balaban J connectivity index is 1.69. The summed E-state index contributed by atoms with van der Waals surface area (Å²) in [6.45, 7) is 4.17. The molecule has 1 amide bonds. The van der Waals surface area contributed by atoms with Crippen molar-refractivity contribution in [3.63, 3.8) is 0 Å². The lowest BCUT2D eigenvalue weighted by Crippen LogP contribution is -2.38. The molecule has 6 nitrogen and oxygen atoms in total. The van der Waals surface area contributed by atoms with Gasteiger partial charge in [0.25, 0.3) is 11.6 Å². The molecule has 2 aliphatic heterocycles. The number of likely N-dealkylation sites (tertiary alicyclic amines) is 1. The summed E-state index contributed by atoms with van der Waals surface area (Å²) in [6, 6.07) is 4.87. The molecule has 0 unspecified atom stereocenters. The highest BCUT2D eigenvalue weighted by atomic mass is 16.6. The van der Waals surface area contributed by atoms with Crippen molar-refractivity contribution in [3.8, 4) is 0 Å². The number of nitro benzene ring substituents is 1. The standard InChI is InChI=1S/C15H19N3O3/c19-15-14-12(5-4-6-13(14)18(20)21)11-17(15)10-9-16-7-2-1-3-8-16/h4-6H,1-3,7-11H2. The Kier molecular flexibility index (Phi) is 3.88. The normalized spacial score (nSPS) is 18.9. The average Bonchev–Trinajstić information content (AvgIpc) is 2.83. The molecular formula is C15H19N3O3. The Morgan fingerprint density at radius 1 is 1.14 bits per heavy atom. The molecule has 112 valence electrons. The fourth-order valence-electron chi connectivity index (χ4n) is 3.18. The van der Waals surface area contributed by atoms with E-state index in [1.807, 2.05) is 0 Å². The van der Waals surface area contributed by atoms with E-state index >= 15 is 0 Å². The summed E-state index contributed by atoms with van der Waals surface area (Å²) in [5.41, 5.74) is 0.979. The number of nitrogens with zero attached hydrogens (tertiary/aromatic N) is 3. The third-order valence-corrected chi connectivity index (χ3v) is 4.32. The van der Waals surface area contributed by atoms with Crippen LogP contribution >= 0.6 is 0 Å². The summed E-state index contributed by atoms with van der Waals surface area (Å²) in [7, 11) is 0. The third kappa shape index (κ3) is 2.76. The highest BCUT2D eigenvalue weighted by molar-refractivity contribution is 6.02. The van der Waals surface area contributed by atoms with E-state index in [2.05, 4.69) is 4.90 Å². The lowest BCUT2D eigenvalue weighted by atomic mass is 10.1. The molecule has 0 spiro atoms. The molecule has 3 rings (SSSR count). The minimum atomic E-state index is -0.467. The molecule has 0 N–H and O–H groups in total. The van der Waals surface area contributed by atoms with E-state index in [4.69, 9.17) is 0 Å². The number of piperidine rings is 1. The van der Waals surface area contributed by atoms with Crippen LogP contribution in [0.4, 0.5) is 5.69 Å². The molecule has 0 radical (unpaired) electrons. The van der Waals surface area contributed by atoms with Gasteiger partial charge in [0.05, 0.1) is 4.92 Å². The predicted molar refractivity (Wildman–Crippen MR) is 78.1 cm³/mol. The zero-order valence-corrected chi connectivity index (χ0v) is 12.0. The monoisotopic (exact) mass is 289 g/mol. The number of amides is 1. The van der Waals surface area contributed by atoms with Crippen LogP contribution in [0.25, 0.3) is 0 Å². The highest BCUT2D eigenvalue weighted by Gasteiger charge is 2.34. The first-order valence-electron chi connectivity index (χ1n) is 7.45. The van der Waals surface area contributed by atoms with Crippen molar-refractivity contribution in [2.24, 2.45) is 0 Å². The minimum absolute atomic E-state index is 0.0713. The van der Waals surface area contributed by atoms with E-state index in [0.717, 1.165) is 25.2 Å². The number of hydrogen-bond donors (Lipinski definition) is 0. The first-order valence-corrected chi connectivity index (χ1v) is 7.45. The first-order chi connectivity index (χ1) is 10.2. The van der Waals surface area contributed by atoms with Gasteiger partial charge in [-0.2, -0.15) is 0 Å². The molecule has 2 aliphatic rings. The van der Waals surface area contributed by atoms with E-state index in [0.29, 0.717) is 13.1 Å². The maximum Gasteiger partial charge on any atom is 0.282 e. The van der Waals surface area contributed by atoms with Crippen LogP contribution in [-0.4, -0.2) is 46.8 Å². The molecule has 6 heteroatoms. The molecule has 2 heterocycles. The number of nitro groups is 1. The molecule has 1 fully saturated rings. The van der Waals surface area contributed by atoms with Gasteiger partial charge in [0.1, 0.15) is 5.56 Å². The molecule has 0 atom stereocenters. The summed E-state index contributed by atoms with van der Waals surface area (Å²) in [5, 5.41) is 11.0. The quantitative estimate of drug-likeness (QED) is 0.628. The van der Waals surface area contributed by atoms with Crippen LogP contribution < -0.4 is 0 Å². The SMILES string of the molecule is O=C1c2c(cccc2[N+](=O)[O-])CN1CCN1CCCCC1. The van der Waals surface area contributed by atoms with Crippen molar-refractivity contribution < 1.29 is 9.72 Å². The fraction of sp³-hybridized carbons (Fsp3) is 0.533. The topological polar surface area (TPSA) is 66.7 Å². The van der Waals surface area contributed by atoms with Crippen molar-refractivity contribution in [1.82, 2.24) is 9.80 Å². The molecule has 21 heavy (non-hydrogen) atoms. The molecule has 0 aromatic heterocycles. The van der Waals surface area contributed by atoms with E-state index in [9.17, 15) is 14.9 Å². The van der Waals surface area contributed by atoms with E-state index in [1.54, 1.807) is 17.0 Å². The maximum atomic E-state index is 12.4. The maximum absolute atomic E-state index is 12.4. The summed E-state index contributed by atoms with van der Waals surface area (Å²) < 4.78 is 0. The van der Waals surface area contributed by atoms with Crippen molar-refractivity contribution in [2.75, 3.05) is 26.2 Å². The molecule has 1 aromatic rings. The van der Waals surface area contributed by atoms with E-state index in [1.165, 1.54) is 25.3 Å². The number of fused-ring (bicyclic) bond motifs is 1. The second kappa shape index (κ2) is 5.81. The van der Waals surface area contributed by atoms with Crippen LogP contribution in [0.2, 0.25) is 0 Å². The Hall–Kier alpha value is -1.95. The number of carbonyl (C=O) groups is 1. The van der Waals surface area contributed by atoms with Gasteiger partial charge in [0.2, 0.25) is 0 Å². The lowest BCUT2D eigenvalue weighted by molar-refractivity contribution is -0.385. The van der Waals surface area contributed by atoms with Gasteiger partial charge < -0.3 is 9.80 Å². The van der Waals surface area contributed by atoms with Crippen LogP contribution in [0.3, 0.4) is 0 Å². The van der Waals surface area contributed by atoms with Crippen LogP contribution in [0.5, 0.6) is 0 Å². The summed E-state index contributed by atoms with van der Waals surface area (Å²) in [6.07, 6.45) is 3.73. The van der Waals surface area contributed by atoms with Gasteiger partial charge in [-0.25, -0.2) is 0 Å². The number of hydrogen-bond acceptors (Lipinski definition) is 4. The van der Waals surface area contributed by atoms with E-state index in [-0.39, 0.29) is 17.2 Å². The first kappa shape index (κ1) is 14.0. The summed E-state index contributed by atoms with van der Waals surface area (Å²) in [4.78, 5) is 27.1. The zero-order valence-electron chi connectivity index (χ0n) is 12.0. The third-order valence-electron chi connectivity index (χ3n) is 4.32. The number of benzene rings is 1. The molecule has 0 saturated carbocycles. The minimum Gasteiger partial charge on any atom is -0.333 e. The average molecular weight is 289 g/mol. The van der Waals surface area contributed by atoms with Crippen molar-refractivity contribution >= 4 is 11.6 Å². The van der Waals surface area contributed by atoms with E-state index < -0.39 is 4.92 Å². The highest BCUT2D eigenvalue weighted by Crippen LogP contribution is 2.30. The molecule has 1 saturated heterocycles. The summed E-state index contributed by atoms with van der Waals surface area (Å²) >= 11 is 0. The molecule has 1 aromatic carbocycles. The van der Waals surface area contributed by atoms with Crippen LogP contribution in [-0.2, 0) is 6.54 Å². The molecule has 0 aliphatic carbocycles. The number of rotatable bonds is 4. The second-order valence-corrected chi connectivity index (χ2v) is 5.70. The second-order valence-electron chi connectivity index (χ2n) is 5.70. The number of carbonyl (C=O) groups excluding carboxylic acids is 1. The van der Waals surface area contributed by atoms with Crippen LogP contribution in [0, 0.1) is 10.1 Å². The Morgan fingerprint density at radius 2 is 1.90 bits per heavy atom. The fourth-order valence-corrected chi connectivity index (χ4v) is 3.18. The summed E-state index contributed by atoms with van der Waals surface area (Å²) in [5.74, 6) is -0.200. The Bertz CT molecular complexity index is 567. The zero-order chi connectivity index (χ0) is 14.8. The largest absolute Gasteiger partial charge is 0.333 e. The van der Waals surface area contributed by atoms with Gasteiger partial charge in [-0.1, -0.05) is 18.6 Å². The van der Waals surface area contributed by atoms with Gasteiger partial charge >= 0.3 is 0 Å². The Labute approximate surface area is 123 Å². The van der Waals surface area contributed by atoms with Crippen LogP contribution in [0.15, 0.2) is 18.2 Å². The van der Waals surface area contributed by atoms with Crippen LogP contribution in [0.1, 0.15) is 35.2 Å². The predicted octanol–water partition coefficient (Wildman–Crippen LogP) is 2.04. The van der Waals surface area contributed by atoms with Crippen molar-refractivity contribution in [3.05, 3.63) is 39.4 Å². The van der Waals surface area contributed by atoms with Gasteiger partial charge in [-0.05, 0) is 31.5 Å². The molecule has 0 bridgehead atoms. The smallest absolute Gasteiger partial charge is 0.282 e. The van der Waals surface area contributed by atoms with Crippen molar-refractivity contribution in [1.29, 1.82) is 0 Å². The molecular weight excluding hydrogens is 270 g/mol. The van der Waals surface area contributed by atoms with Gasteiger partial charge in [0, 0.05) is 25.7 Å². The van der Waals surface area contributed by atoms with Gasteiger partial charge in [-0.3, -0.25) is 14.9 Å². The van der Waals surface area contributed by atoms with Gasteiger partial charge in [0.15, 0.2) is 0 Å². The van der Waals surface area contributed by atoms with Gasteiger partial charge in [-0.15, -0.1) is 0 Å². The Morgan fingerprint density at radius 3 is 2.62 bits per heavy atom. The lowest BCUT2D eigenvalue weighted by Gasteiger charge is -2.28. The van der Waals surface area contributed by atoms with Crippen molar-refractivity contribution in [2.45, 2.75) is 25.8 Å².